The van der Waals surface area contributed by atoms with Gasteiger partial charge in [0.15, 0.2) is 9.84 Å². The maximum absolute atomic E-state index is 13.3. The second-order valence-electron chi connectivity index (χ2n) is 6.81. The Labute approximate surface area is 172 Å². The van der Waals surface area contributed by atoms with Crippen LogP contribution in [0.5, 0.6) is 0 Å². The van der Waals surface area contributed by atoms with Crippen molar-refractivity contribution in [2.75, 3.05) is 6.26 Å². The SMILES string of the molecule is CS(=O)(=O)c1ccc(-c2oc3ccccc3c(=O)c2-c2ccc(C(=O)O)cc2)cc1. The van der Waals surface area contributed by atoms with Crippen LogP contribution < -0.4 is 5.43 Å². The predicted octanol–water partition coefficient (Wildman–Crippen LogP) is 4.23. The van der Waals surface area contributed by atoms with Crippen LogP contribution in [0, 0.1) is 0 Å². The van der Waals surface area contributed by atoms with Crippen LogP contribution in [0.25, 0.3) is 33.4 Å². The van der Waals surface area contributed by atoms with E-state index in [1.807, 2.05) is 0 Å². The molecule has 1 heterocycles. The van der Waals surface area contributed by atoms with Crippen molar-refractivity contribution >= 4 is 26.8 Å². The second kappa shape index (κ2) is 7.27. The Hall–Kier alpha value is -3.71. The minimum absolute atomic E-state index is 0.1000. The molecule has 0 saturated heterocycles. The van der Waals surface area contributed by atoms with E-state index in [0.717, 1.165) is 6.26 Å². The first-order valence-electron chi connectivity index (χ1n) is 8.96. The molecule has 0 saturated carbocycles. The molecular weight excluding hydrogens is 404 g/mol. The molecule has 150 valence electrons. The summed E-state index contributed by atoms with van der Waals surface area (Å²) < 4.78 is 29.6. The first-order chi connectivity index (χ1) is 14.3. The Kier molecular flexibility index (Phi) is 4.75. The fourth-order valence-electron chi connectivity index (χ4n) is 3.24. The first kappa shape index (κ1) is 19.6. The van der Waals surface area contributed by atoms with Gasteiger partial charge in [0.1, 0.15) is 11.3 Å². The lowest BCUT2D eigenvalue weighted by atomic mass is 9.97. The summed E-state index contributed by atoms with van der Waals surface area (Å²) in [4.78, 5) is 24.6. The molecule has 0 spiro atoms. The summed E-state index contributed by atoms with van der Waals surface area (Å²) >= 11 is 0. The molecule has 3 aromatic carbocycles. The Morgan fingerprint density at radius 3 is 2.07 bits per heavy atom. The third-order valence-electron chi connectivity index (χ3n) is 4.76. The molecule has 7 heteroatoms. The summed E-state index contributed by atoms with van der Waals surface area (Å²) in [5.41, 5.74) is 1.54. The average Bonchev–Trinajstić information content (AvgIpc) is 2.73. The molecule has 0 bridgehead atoms. The summed E-state index contributed by atoms with van der Waals surface area (Å²) in [6.45, 7) is 0. The molecule has 1 N–H and O–H groups in total. The maximum Gasteiger partial charge on any atom is 0.335 e. The van der Waals surface area contributed by atoms with E-state index in [-0.39, 0.29) is 27.2 Å². The highest BCUT2D eigenvalue weighted by atomic mass is 32.2. The van der Waals surface area contributed by atoms with E-state index in [9.17, 15) is 18.0 Å². The van der Waals surface area contributed by atoms with E-state index < -0.39 is 15.8 Å². The number of benzene rings is 3. The van der Waals surface area contributed by atoms with Gasteiger partial charge in [0.2, 0.25) is 5.43 Å². The maximum atomic E-state index is 13.3. The van der Waals surface area contributed by atoms with Crippen LogP contribution >= 0.6 is 0 Å². The molecule has 0 atom stereocenters. The van der Waals surface area contributed by atoms with E-state index in [1.165, 1.54) is 24.3 Å². The molecule has 0 aliphatic heterocycles. The summed E-state index contributed by atoms with van der Waals surface area (Å²) in [5, 5.41) is 9.53. The lowest BCUT2D eigenvalue weighted by Gasteiger charge is -2.11. The van der Waals surface area contributed by atoms with Crippen molar-refractivity contribution in [3.8, 4) is 22.5 Å². The minimum atomic E-state index is -3.37. The Balaban J connectivity index is 1.99. The fraction of sp³-hybridized carbons (Fsp3) is 0.0435. The zero-order valence-corrected chi connectivity index (χ0v) is 16.6. The predicted molar refractivity (Wildman–Crippen MR) is 113 cm³/mol. The van der Waals surface area contributed by atoms with Gasteiger partial charge in [0, 0.05) is 11.8 Å². The van der Waals surface area contributed by atoms with Crippen molar-refractivity contribution in [1.82, 2.24) is 0 Å². The van der Waals surface area contributed by atoms with Gasteiger partial charge in [-0.2, -0.15) is 0 Å². The van der Waals surface area contributed by atoms with E-state index in [1.54, 1.807) is 48.5 Å². The molecule has 30 heavy (non-hydrogen) atoms. The molecular formula is C23H16O6S. The highest BCUT2D eigenvalue weighted by molar-refractivity contribution is 7.90. The molecule has 0 radical (unpaired) electrons. The van der Waals surface area contributed by atoms with Gasteiger partial charge in [-0.15, -0.1) is 0 Å². The van der Waals surface area contributed by atoms with Crippen molar-refractivity contribution in [2.45, 2.75) is 4.90 Å². The van der Waals surface area contributed by atoms with Crippen LogP contribution in [0.1, 0.15) is 10.4 Å². The van der Waals surface area contributed by atoms with E-state index in [4.69, 9.17) is 9.52 Å². The number of carbonyl (C=O) groups is 1. The fourth-order valence-corrected chi connectivity index (χ4v) is 3.87. The van der Waals surface area contributed by atoms with Crippen LogP contribution in [0.2, 0.25) is 0 Å². The van der Waals surface area contributed by atoms with Crippen molar-refractivity contribution in [3.63, 3.8) is 0 Å². The number of hydrogen-bond acceptors (Lipinski definition) is 5. The normalized spacial score (nSPS) is 11.5. The van der Waals surface area contributed by atoms with Gasteiger partial charge in [-0.05, 0) is 54.1 Å². The number of aromatic carboxylic acids is 1. The summed E-state index contributed by atoms with van der Waals surface area (Å²) in [6.07, 6.45) is 1.12. The molecule has 1 aromatic heterocycles. The molecule has 0 fully saturated rings. The molecule has 0 aliphatic rings. The molecule has 6 nitrogen and oxygen atoms in total. The first-order valence-corrected chi connectivity index (χ1v) is 10.8. The van der Waals surface area contributed by atoms with Crippen LogP contribution in [-0.4, -0.2) is 25.7 Å². The summed E-state index contributed by atoms with van der Waals surface area (Å²) in [7, 11) is -3.37. The van der Waals surface area contributed by atoms with Crippen molar-refractivity contribution in [2.24, 2.45) is 0 Å². The lowest BCUT2D eigenvalue weighted by Crippen LogP contribution is -2.08. The topological polar surface area (TPSA) is 102 Å². The van der Waals surface area contributed by atoms with E-state index >= 15 is 0 Å². The molecule has 4 rings (SSSR count). The highest BCUT2D eigenvalue weighted by Gasteiger charge is 2.19. The molecule has 0 aliphatic carbocycles. The van der Waals surface area contributed by atoms with Crippen molar-refractivity contribution in [1.29, 1.82) is 0 Å². The Morgan fingerprint density at radius 2 is 1.47 bits per heavy atom. The average molecular weight is 420 g/mol. The highest BCUT2D eigenvalue weighted by Crippen LogP contribution is 2.33. The van der Waals surface area contributed by atoms with Crippen molar-refractivity contribution in [3.05, 3.63) is 88.6 Å². The monoisotopic (exact) mass is 420 g/mol. The van der Waals surface area contributed by atoms with Gasteiger partial charge in [-0.3, -0.25) is 4.79 Å². The minimum Gasteiger partial charge on any atom is -0.478 e. The van der Waals surface area contributed by atoms with Gasteiger partial charge in [-0.25, -0.2) is 13.2 Å². The Morgan fingerprint density at radius 1 is 0.867 bits per heavy atom. The van der Waals surface area contributed by atoms with Crippen LogP contribution in [-0.2, 0) is 9.84 Å². The van der Waals surface area contributed by atoms with Crippen LogP contribution in [0.3, 0.4) is 0 Å². The summed E-state index contributed by atoms with van der Waals surface area (Å²) in [6, 6.07) is 18.9. The van der Waals surface area contributed by atoms with Gasteiger partial charge in [0.25, 0.3) is 0 Å². The van der Waals surface area contributed by atoms with Gasteiger partial charge in [0.05, 0.1) is 21.4 Å². The van der Waals surface area contributed by atoms with Crippen molar-refractivity contribution < 1.29 is 22.7 Å². The standard InChI is InChI=1S/C23H16O6S/c1-30(27,28)17-12-10-15(11-13-17)22-20(14-6-8-16(9-7-14)23(25)26)21(24)18-4-2-3-5-19(18)29-22/h2-13H,1H3,(H,25,26). The quantitative estimate of drug-likeness (QED) is 0.530. The van der Waals surface area contributed by atoms with E-state index in [2.05, 4.69) is 0 Å². The van der Waals surface area contributed by atoms with Gasteiger partial charge in [-0.1, -0.05) is 24.3 Å². The third-order valence-corrected chi connectivity index (χ3v) is 5.89. The molecule has 0 amide bonds. The molecule has 0 unspecified atom stereocenters. The van der Waals surface area contributed by atoms with E-state index in [0.29, 0.717) is 22.1 Å². The smallest absolute Gasteiger partial charge is 0.335 e. The summed E-state index contributed by atoms with van der Waals surface area (Å²) in [5.74, 6) is -0.787. The van der Waals surface area contributed by atoms with Crippen LogP contribution in [0.15, 0.2) is 86.9 Å². The number of rotatable bonds is 4. The van der Waals surface area contributed by atoms with Gasteiger partial charge >= 0.3 is 5.97 Å². The number of carboxylic acid groups (broad SMARTS) is 1. The van der Waals surface area contributed by atoms with Gasteiger partial charge < -0.3 is 9.52 Å². The number of carboxylic acids is 1. The number of fused-ring (bicyclic) bond motifs is 1. The lowest BCUT2D eigenvalue weighted by molar-refractivity contribution is 0.0697. The number of para-hydroxylation sites is 1. The molecule has 4 aromatic rings. The van der Waals surface area contributed by atoms with Crippen LogP contribution in [0.4, 0.5) is 0 Å². The second-order valence-corrected chi connectivity index (χ2v) is 8.83. The number of sulfone groups is 1. The Bertz CT molecular complexity index is 1430. The zero-order valence-electron chi connectivity index (χ0n) is 15.8. The zero-order chi connectivity index (χ0) is 21.5. The largest absolute Gasteiger partial charge is 0.478 e. The third kappa shape index (κ3) is 3.51. The number of hydrogen-bond donors (Lipinski definition) is 1.